The van der Waals surface area contributed by atoms with Crippen LogP contribution in [0.4, 0.5) is 0 Å². The van der Waals surface area contributed by atoms with E-state index in [-0.39, 0.29) is 11.5 Å². The Bertz CT molecular complexity index is 561. The molecule has 0 aliphatic rings. The second-order valence-electron chi connectivity index (χ2n) is 2.81. The average molecular weight is 232 g/mol. The van der Waals surface area contributed by atoms with Gasteiger partial charge in [-0.15, -0.1) is 0 Å². The average Bonchev–Trinajstić information content (AvgIpc) is 2.47. The molecule has 0 atom stereocenters. The Kier molecular flexibility index (Phi) is 2.20. The zero-order valence-corrected chi connectivity index (χ0v) is 8.55. The van der Waals surface area contributed by atoms with Gasteiger partial charge in [-0.25, -0.2) is 8.42 Å². The van der Waals surface area contributed by atoms with E-state index < -0.39 is 9.05 Å². The number of benzene rings is 1. The third-order valence-corrected chi connectivity index (χ3v) is 2.70. The normalized spacial score (nSPS) is 12.1. The standard InChI is InChI=1S/C8H6ClNO3S/c9-14(11,12)5-8-6-3-1-2-4-7(6)10-13-8/h1-4H,5H2. The van der Waals surface area contributed by atoms with Crippen LogP contribution < -0.4 is 0 Å². The zero-order valence-electron chi connectivity index (χ0n) is 6.97. The number of rotatable bonds is 2. The molecule has 4 nitrogen and oxygen atoms in total. The number of hydrogen-bond donors (Lipinski definition) is 0. The smallest absolute Gasteiger partial charge is 0.240 e. The van der Waals surface area contributed by atoms with Gasteiger partial charge >= 0.3 is 0 Å². The molecule has 14 heavy (non-hydrogen) atoms. The fourth-order valence-corrected chi connectivity index (χ4v) is 2.02. The maximum atomic E-state index is 10.8. The molecule has 0 N–H and O–H groups in total. The van der Waals surface area contributed by atoms with Crippen molar-refractivity contribution in [1.29, 1.82) is 0 Å². The van der Waals surface area contributed by atoms with Gasteiger partial charge in [-0.2, -0.15) is 0 Å². The Morgan fingerprint density at radius 1 is 1.36 bits per heavy atom. The zero-order chi connectivity index (χ0) is 10.2. The molecule has 2 aromatic rings. The van der Waals surface area contributed by atoms with E-state index in [0.29, 0.717) is 10.9 Å². The van der Waals surface area contributed by atoms with Crippen molar-refractivity contribution in [2.24, 2.45) is 0 Å². The minimum atomic E-state index is -3.60. The molecule has 74 valence electrons. The van der Waals surface area contributed by atoms with E-state index in [2.05, 4.69) is 5.16 Å². The molecule has 0 saturated carbocycles. The van der Waals surface area contributed by atoms with Crippen molar-refractivity contribution in [3.8, 4) is 0 Å². The third-order valence-electron chi connectivity index (χ3n) is 1.76. The molecule has 0 fully saturated rings. The van der Waals surface area contributed by atoms with E-state index in [1.165, 1.54) is 0 Å². The van der Waals surface area contributed by atoms with E-state index in [0.717, 1.165) is 0 Å². The van der Waals surface area contributed by atoms with Gasteiger partial charge in [-0.05, 0) is 12.1 Å². The Morgan fingerprint density at radius 3 is 2.79 bits per heavy atom. The van der Waals surface area contributed by atoms with Crippen molar-refractivity contribution in [3.63, 3.8) is 0 Å². The quantitative estimate of drug-likeness (QED) is 0.741. The first-order chi connectivity index (χ1) is 6.56. The third kappa shape index (κ3) is 1.88. The SMILES string of the molecule is O=S(=O)(Cl)Cc1onc2ccccc12. The van der Waals surface area contributed by atoms with Crippen LogP contribution in [0.15, 0.2) is 28.8 Å². The van der Waals surface area contributed by atoms with E-state index in [9.17, 15) is 8.42 Å². The summed E-state index contributed by atoms with van der Waals surface area (Å²) in [5, 5.41) is 4.38. The lowest BCUT2D eigenvalue weighted by molar-refractivity contribution is 0.401. The summed E-state index contributed by atoms with van der Waals surface area (Å²) in [5.41, 5.74) is 0.628. The number of aromatic nitrogens is 1. The van der Waals surface area contributed by atoms with Gasteiger partial charge in [0.1, 0.15) is 11.3 Å². The first kappa shape index (κ1) is 9.48. The highest BCUT2D eigenvalue weighted by Crippen LogP contribution is 2.20. The van der Waals surface area contributed by atoms with Crippen molar-refractivity contribution >= 4 is 30.6 Å². The molecule has 0 spiro atoms. The van der Waals surface area contributed by atoms with Crippen molar-refractivity contribution in [1.82, 2.24) is 5.16 Å². The molecule has 0 radical (unpaired) electrons. The van der Waals surface area contributed by atoms with Crippen LogP contribution in [0.1, 0.15) is 5.76 Å². The molecule has 0 saturated heterocycles. The molecular formula is C8H6ClNO3S. The molecule has 0 unspecified atom stereocenters. The van der Waals surface area contributed by atoms with Gasteiger partial charge < -0.3 is 4.52 Å². The Morgan fingerprint density at radius 2 is 2.07 bits per heavy atom. The number of hydrogen-bond acceptors (Lipinski definition) is 4. The molecule has 0 amide bonds. The maximum absolute atomic E-state index is 10.8. The van der Waals surface area contributed by atoms with Gasteiger partial charge in [0.15, 0.2) is 5.76 Å². The van der Waals surface area contributed by atoms with Crippen molar-refractivity contribution in [3.05, 3.63) is 30.0 Å². The van der Waals surface area contributed by atoms with Crippen LogP contribution in [-0.4, -0.2) is 13.6 Å². The Hall–Kier alpha value is -1.07. The lowest BCUT2D eigenvalue weighted by atomic mass is 10.2. The molecule has 1 aromatic heterocycles. The van der Waals surface area contributed by atoms with Crippen LogP contribution in [0.3, 0.4) is 0 Å². The minimum Gasteiger partial charge on any atom is -0.359 e. The van der Waals surface area contributed by atoms with E-state index in [1.807, 2.05) is 0 Å². The molecule has 0 aliphatic heterocycles. The summed E-state index contributed by atoms with van der Waals surface area (Å²) in [6, 6.07) is 7.06. The van der Waals surface area contributed by atoms with E-state index in [1.54, 1.807) is 24.3 Å². The molecule has 1 aromatic carbocycles. The molecule has 2 rings (SSSR count). The van der Waals surface area contributed by atoms with Crippen molar-refractivity contribution < 1.29 is 12.9 Å². The topological polar surface area (TPSA) is 60.2 Å². The van der Waals surface area contributed by atoms with E-state index in [4.69, 9.17) is 15.2 Å². The van der Waals surface area contributed by atoms with Crippen LogP contribution in [0.25, 0.3) is 10.9 Å². The molecule has 1 heterocycles. The molecule has 0 aliphatic carbocycles. The summed E-state index contributed by atoms with van der Waals surface area (Å²) in [5.74, 6) is -0.0645. The van der Waals surface area contributed by atoms with Crippen LogP contribution in [0.2, 0.25) is 0 Å². The van der Waals surface area contributed by atoms with Crippen LogP contribution in [-0.2, 0) is 14.8 Å². The Balaban J connectivity index is 2.54. The molecule has 0 bridgehead atoms. The molecular weight excluding hydrogens is 226 g/mol. The summed E-state index contributed by atoms with van der Waals surface area (Å²) < 4.78 is 26.5. The monoisotopic (exact) mass is 231 g/mol. The number of nitrogens with zero attached hydrogens (tertiary/aromatic N) is 1. The predicted molar refractivity (Wildman–Crippen MR) is 52.5 cm³/mol. The van der Waals surface area contributed by atoms with Gasteiger partial charge in [0.2, 0.25) is 9.05 Å². The van der Waals surface area contributed by atoms with Crippen LogP contribution >= 0.6 is 10.7 Å². The highest BCUT2D eigenvalue weighted by atomic mass is 35.7. The first-order valence-corrected chi connectivity index (χ1v) is 6.30. The first-order valence-electron chi connectivity index (χ1n) is 3.82. The Labute approximate surface area is 84.9 Å². The molecule has 6 heteroatoms. The fourth-order valence-electron chi connectivity index (χ4n) is 1.20. The number of halogens is 1. The van der Waals surface area contributed by atoms with Gasteiger partial charge in [0.05, 0.1) is 0 Å². The van der Waals surface area contributed by atoms with Crippen molar-refractivity contribution in [2.75, 3.05) is 0 Å². The summed E-state index contributed by atoms with van der Waals surface area (Å²) in [4.78, 5) is 0. The predicted octanol–water partition coefficient (Wildman–Crippen LogP) is 1.90. The fraction of sp³-hybridized carbons (Fsp3) is 0.125. The highest BCUT2D eigenvalue weighted by molar-refractivity contribution is 8.13. The van der Waals surface area contributed by atoms with Gasteiger partial charge in [-0.3, -0.25) is 0 Å². The van der Waals surface area contributed by atoms with Crippen LogP contribution in [0, 0.1) is 0 Å². The van der Waals surface area contributed by atoms with Crippen LogP contribution in [0.5, 0.6) is 0 Å². The largest absolute Gasteiger partial charge is 0.359 e. The summed E-state index contributed by atoms with van der Waals surface area (Å²) in [6.07, 6.45) is 0. The minimum absolute atomic E-state index is 0.274. The van der Waals surface area contributed by atoms with Crippen molar-refractivity contribution in [2.45, 2.75) is 5.75 Å². The lowest BCUT2D eigenvalue weighted by Gasteiger charge is -1.90. The van der Waals surface area contributed by atoms with Gasteiger partial charge in [0.25, 0.3) is 0 Å². The van der Waals surface area contributed by atoms with Gasteiger partial charge in [-0.1, -0.05) is 17.3 Å². The van der Waals surface area contributed by atoms with Gasteiger partial charge in [0, 0.05) is 16.1 Å². The lowest BCUT2D eigenvalue weighted by Crippen LogP contribution is -1.93. The second-order valence-corrected chi connectivity index (χ2v) is 5.58. The summed E-state index contributed by atoms with van der Waals surface area (Å²) in [6.45, 7) is 0. The van der Waals surface area contributed by atoms with E-state index >= 15 is 0 Å². The maximum Gasteiger partial charge on any atom is 0.240 e. The second kappa shape index (κ2) is 3.25. The number of fused-ring (bicyclic) bond motifs is 1. The summed E-state index contributed by atoms with van der Waals surface area (Å²) in [7, 11) is 1.51. The highest BCUT2D eigenvalue weighted by Gasteiger charge is 2.14. The summed E-state index contributed by atoms with van der Waals surface area (Å²) >= 11 is 0.